The van der Waals surface area contributed by atoms with Crippen molar-refractivity contribution in [2.75, 3.05) is 52.5 Å². The van der Waals surface area contributed by atoms with Crippen molar-refractivity contribution in [2.45, 2.75) is 52.2 Å². The van der Waals surface area contributed by atoms with Crippen LogP contribution in [-0.4, -0.2) is 84.7 Å². The lowest BCUT2D eigenvalue weighted by molar-refractivity contribution is -0.0634. The van der Waals surface area contributed by atoms with Crippen molar-refractivity contribution in [3.05, 3.63) is 0 Å². The van der Waals surface area contributed by atoms with Gasteiger partial charge in [-0.25, -0.2) is 0 Å². The van der Waals surface area contributed by atoms with Gasteiger partial charge in [-0.3, -0.25) is 9.80 Å². The summed E-state index contributed by atoms with van der Waals surface area (Å²) in [7, 11) is 0. The number of β-amino-alcohol motifs (C(OH)–C–C–N with tert-alkyl or cyclic N) is 2. The van der Waals surface area contributed by atoms with Crippen LogP contribution >= 0.6 is 0 Å². The van der Waals surface area contributed by atoms with Crippen LogP contribution in [0.25, 0.3) is 0 Å². The van der Waals surface area contributed by atoms with Gasteiger partial charge in [0.1, 0.15) is 0 Å². The van der Waals surface area contributed by atoms with E-state index in [-0.39, 0.29) is 6.61 Å². The monoisotopic (exact) mass is 328 g/mol. The van der Waals surface area contributed by atoms with Crippen molar-refractivity contribution in [1.82, 2.24) is 9.80 Å². The Morgan fingerprint density at radius 2 is 1.78 bits per heavy atom. The molecule has 2 fully saturated rings. The SMILES string of the molecule is C[C@H]1C[C@H](OC[C@@H](O)CN2CCN(CCO)CC2)CC(C)(C)C1. The minimum absolute atomic E-state index is 0.229. The smallest absolute Gasteiger partial charge is 0.0900 e. The van der Waals surface area contributed by atoms with Crippen molar-refractivity contribution >= 4 is 0 Å². The molecule has 23 heavy (non-hydrogen) atoms. The number of hydrogen-bond donors (Lipinski definition) is 2. The fourth-order valence-electron chi connectivity index (χ4n) is 4.32. The molecule has 0 bridgehead atoms. The Balaban J connectivity index is 1.64. The first-order chi connectivity index (χ1) is 10.9. The summed E-state index contributed by atoms with van der Waals surface area (Å²) in [6, 6.07) is 0. The molecule has 2 rings (SSSR count). The summed E-state index contributed by atoms with van der Waals surface area (Å²) >= 11 is 0. The Bertz CT molecular complexity index is 343. The van der Waals surface area contributed by atoms with Gasteiger partial charge in [0.25, 0.3) is 0 Å². The van der Waals surface area contributed by atoms with Gasteiger partial charge < -0.3 is 14.9 Å². The highest BCUT2D eigenvalue weighted by Crippen LogP contribution is 2.39. The molecule has 0 amide bonds. The molecule has 0 aromatic carbocycles. The van der Waals surface area contributed by atoms with E-state index in [1.807, 2.05) is 0 Å². The quantitative estimate of drug-likeness (QED) is 0.735. The van der Waals surface area contributed by atoms with Crippen molar-refractivity contribution in [2.24, 2.45) is 11.3 Å². The van der Waals surface area contributed by atoms with Crippen molar-refractivity contribution in [3.63, 3.8) is 0 Å². The Morgan fingerprint density at radius 3 is 2.39 bits per heavy atom. The molecule has 1 heterocycles. The predicted octanol–water partition coefficient (Wildman–Crippen LogP) is 1.19. The summed E-state index contributed by atoms with van der Waals surface area (Å²) < 4.78 is 6.03. The summed E-state index contributed by atoms with van der Waals surface area (Å²) in [5.74, 6) is 0.709. The van der Waals surface area contributed by atoms with Crippen LogP contribution < -0.4 is 0 Å². The standard InChI is InChI=1S/C18H36N2O3/c1-15-10-17(12-18(2,3)11-15)23-14-16(22)13-20-6-4-19(5-7-20)8-9-21/h15-17,21-22H,4-14H2,1-3H3/t15-,16-,17-/m0/s1. The molecule has 0 aromatic rings. The number of ether oxygens (including phenoxy) is 1. The molecule has 136 valence electrons. The third kappa shape index (κ3) is 6.67. The topological polar surface area (TPSA) is 56.2 Å². The van der Waals surface area contributed by atoms with Gasteiger partial charge in [0.05, 0.1) is 25.4 Å². The highest BCUT2D eigenvalue weighted by molar-refractivity contribution is 4.83. The lowest BCUT2D eigenvalue weighted by atomic mass is 9.71. The summed E-state index contributed by atoms with van der Waals surface area (Å²) in [5.41, 5.74) is 0.357. The van der Waals surface area contributed by atoms with E-state index < -0.39 is 6.10 Å². The van der Waals surface area contributed by atoms with Gasteiger partial charge in [0.2, 0.25) is 0 Å². The number of hydrogen-bond acceptors (Lipinski definition) is 5. The second-order valence-corrected chi connectivity index (χ2v) is 8.39. The summed E-state index contributed by atoms with van der Waals surface area (Å²) in [4.78, 5) is 4.57. The van der Waals surface area contributed by atoms with E-state index in [9.17, 15) is 5.11 Å². The average molecular weight is 328 g/mol. The molecule has 2 N–H and O–H groups in total. The van der Waals surface area contributed by atoms with E-state index >= 15 is 0 Å². The van der Waals surface area contributed by atoms with Crippen LogP contribution in [0.1, 0.15) is 40.0 Å². The van der Waals surface area contributed by atoms with Crippen LogP contribution in [0.3, 0.4) is 0 Å². The number of nitrogens with zero attached hydrogens (tertiary/aromatic N) is 2. The molecule has 5 heteroatoms. The third-order valence-corrected chi connectivity index (χ3v) is 5.22. The van der Waals surface area contributed by atoms with Gasteiger partial charge >= 0.3 is 0 Å². The van der Waals surface area contributed by atoms with Crippen LogP contribution in [0, 0.1) is 11.3 Å². The van der Waals surface area contributed by atoms with Crippen molar-refractivity contribution < 1.29 is 14.9 Å². The van der Waals surface area contributed by atoms with Gasteiger partial charge in [-0.05, 0) is 30.6 Å². The van der Waals surface area contributed by atoms with E-state index in [1.165, 1.54) is 6.42 Å². The van der Waals surface area contributed by atoms with E-state index in [1.54, 1.807) is 0 Å². The average Bonchev–Trinajstić information content (AvgIpc) is 2.45. The maximum Gasteiger partial charge on any atom is 0.0900 e. The molecule has 1 aliphatic carbocycles. The Kier molecular flexibility index (Phi) is 7.29. The molecule has 3 atom stereocenters. The van der Waals surface area contributed by atoms with Gasteiger partial charge in [0.15, 0.2) is 0 Å². The lowest BCUT2D eigenvalue weighted by Gasteiger charge is -2.39. The molecule has 1 saturated heterocycles. The van der Waals surface area contributed by atoms with Gasteiger partial charge in [-0.2, -0.15) is 0 Å². The highest BCUT2D eigenvalue weighted by Gasteiger charge is 2.32. The van der Waals surface area contributed by atoms with Crippen LogP contribution in [0.2, 0.25) is 0 Å². The van der Waals surface area contributed by atoms with E-state index in [4.69, 9.17) is 9.84 Å². The molecule has 5 nitrogen and oxygen atoms in total. The zero-order valence-corrected chi connectivity index (χ0v) is 15.2. The predicted molar refractivity (Wildman–Crippen MR) is 92.5 cm³/mol. The number of piperazine rings is 1. The minimum atomic E-state index is -0.403. The molecular weight excluding hydrogens is 292 g/mol. The zero-order chi connectivity index (χ0) is 16.9. The first-order valence-corrected chi connectivity index (χ1v) is 9.23. The molecule has 0 spiro atoms. The van der Waals surface area contributed by atoms with Gasteiger partial charge in [-0.15, -0.1) is 0 Å². The normalized spacial score (nSPS) is 31.2. The Hall–Kier alpha value is -0.200. The lowest BCUT2D eigenvalue weighted by Crippen LogP contribution is -2.49. The second-order valence-electron chi connectivity index (χ2n) is 8.39. The summed E-state index contributed by atoms with van der Waals surface area (Å²) in [6.07, 6.45) is 3.39. The second kappa shape index (κ2) is 8.77. The van der Waals surface area contributed by atoms with Crippen molar-refractivity contribution in [1.29, 1.82) is 0 Å². The van der Waals surface area contributed by atoms with Crippen LogP contribution in [0.15, 0.2) is 0 Å². The molecule has 0 aromatic heterocycles. The minimum Gasteiger partial charge on any atom is -0.395 e. The fraction of sp³-hybridized carbons (Fsp3) is 1.00. The van der Waals surface area contributed by atoms with E-state index in [0.29, 0.717) is 30.6 Å². The number of aliphatic hydroxyl groups excluding tert-OH is 2. The third-order valence-electron chi connectivity index (χ3n) is 5.22. The molecule has 2 aliphatic rings. The molecule has 0 radical (unpaired) electrons. The summed E-state index contributed by atoms with van der Waals surface area (Å²) in [5, 5.41) is 19.2. The van der Waals surface area contributed by atoms with Crippen molar-refractivity contribution in [3.8, 4) is 0 Å². The molecule has 1 aliphatic heterocycles. The van der Waals surface area contributed by atoms with E-state index in [2.05, 4.69) is 30.6 Å². The molecule has 1 saturated carbocycles. The Morgan fingerprint density at radius 1 is 1.13 bits per heavy atom. The van der Waals surface area contributed by atoms with E-state index in [0.717, 1.165) is 45.6 Å². The summed E-state index contributed by atoms with van der Waals surface area (Å²) in [6.45, 7) is 13.0. The number of rotatable bonds is 7. The zero-order valence-electron chi connectivity index (χ0n) is 15.2. The number of aliphatic hydroxyl groups is 2. The molecular formula is C18H36N2O3. The maximum absolute atomic E-state index is 10.3. The van der Waals surface area contributed by atoms with Gasteiger partial charge in [0, 0.05) is 39.3 Å². The molecule has 0 unspecified atom stereocenters. The van der Waals surface area contributed by atoms with Crippen LogP contribution in [-0.2, 0) is 4.74 Å². The largest absolute Gasteiger partial charge is 0.395 e. The highest BCUT2D eigenvalue weighted by atomic mass is 16.5. The first kappa shape index (κ1) is 19.1. The Labute approximate surface area is 141 Å². The first-order valence-electron chi connectivity index (χ1n) is 9.23. The van der Waals surface area contributed by atoms with Crippen LogP contribution in [0.5, 0.6) is 0 Å². The fourth-order valence-corrected chi connectivity index (χ4v) is 4.32. The van der Waals surface area contributed by atoms with Gasteiger partial charge in [-0.1, -0.05) is 20.8 Å². The van der Waals surface area contributed by atoms with Crippen LogP contribution in [0.4, 0.5) is 0 Å². The maximum atomic E-state index is 10.3.